The molecular weight excluding hydrogens is 332 g/mol. The molecule has 1 atom stereocenters. The molecule has 0 saturated carbocycles. The highest BCUT2D eigenvalue weighted by Gasteiger charge is 2.13. The highest BCUT2D eigenvalue weighted by atomic mass is 35.5. The lowest BCUT2D eigenvalue weighted by Gasteiger charge is -2.22. The number of thiazole rings is 1. The first-order valence-electron chi connectivity index (χ1n) is 7.90. The van der Waals surface area contributed by atoms with E-state index < -0.39 is 0 Å². The molecule has 2 aromatic rings. The highest BCUT2D eigenvalue weighted by Crippen LogP contribution is 2.18. The van der Waals surface area contributed by atoms with E-state index in [9.17, 15) is 0 Å². The first kappa shape index (κ1) is 16.7. The zero-order chi connectivity index (χ0) is 15.9. The summed E-state index contributed by atoms with van der Waals surface area (Å²) in [4.78, 5) is 4.60. The van der Waals surface area contributed by atoms with Crippen LogP contribution < -0.4 is 10.1 Å². The van der Waals surface area contributed by atoms with Gasteiger partial charge < -0.3 is 14.8 Å². The molecule has 2 heterocycles. The van der Waals surface area contributed by atoms with Crippen LogP contribution >= 0.6 is 22.9 Å². The Hall–Kier alpha value is -1.14. The van der Waals surface area contributed by atoms with Gasteiger partial charge in [0.2, 0.25) is 0 Å². The molecule has 1 N–H and O–H groups in total. The third-order valence-electron chi connectivity index (χ3n) is 3.77. The summed E-state index contributed by atoms with van der Waals surface area (Å²) in [6.07, 6.45) is 2.43. The molecule has 0 bridgehead atoms. The summed E-state index contributed by atoms with van der Waals surface area (Å²) in [7, 11) is 0. The van der Waals surface area contributed by atoms with E-state index in [2.05, 4.69) is 15.7 Å². The summed E-state index contributed by atoms with van der Waals surface area (Å²) >= 11 is 7.49. The molecule has 0 amide bonds. The molecule has 1 fully saturated rings. The highest BCUT2D eigenvalue weighted by molar-refractivity contribution is 7.09. The van der Waals surface area contributed by atoms with Gasteiger partial charge in [0.25, 0.3) is 0 Å². The zero-order valence-electron chi connectivity index (χ0n) is 13.0. The fourth-order valence-corrected chi connectivity index (χ4v) is 3.38. The normalized spacial score (nSPS) is 18.0. The molecule has 6 heteroatoms. The van der Waals surface area contributed by atoms with Crippen molar-refractivity contribution in [2.45, 2.75) is 26.0 Å². The molecule has 1 unspecified atom stereocenters. The average Bonchev–Trinajstić information content (AvgIpc) is 3.03. The van der Waals surface area contributed by atoms with Crippen molar-refractivity contribution < 1.29 is 9.47 Å². The van der Waals surface area contributed by atoms with Gasteiger partial charge in [-0.25, -0.2) is 4.98 Å². The number of ether oxygens (including phenoxy) is 2. The van der Waals surface area contributed by atoms with E-state index in [0.29, 0.717) is 17.5 Å². The molecule has 1 aromatic carbocycles. The van der Waals surface area contributed by atoms with Crippen LogP contribution in [0.4, 0.5) is 0 Å². The number of nitrogens with zero attached hydrogens (tertiary/aromatic N) is 1. The molecule has 1 aliphatic heterocycles. The maximum atomic E-state index is 5.86. The maximum absolute atomic E-state index is 5.86. The number of aromatic nitrogens is 1. The molecule has 1 saturated heterocycles. The maximum Gasteiger partial charge on any atom is 0.140 e. The van der Waals surface area contributed by atoms with Crippen LogP contribution in [0.5, 0.6) is 5.75 Å². The fraction of sp³-hybridized carbons (Fsp3) is 0.471. The van der Waals surface area contributed by atoms with Crippen LogP contribution in [-0.4, -0.2) is 24.7 Å². The third kappa shape index (κ3) is 5.46. The average molecular weight is 353 g/mol. The second-order valence-corrected chi connectivity index (χ2v) is 7.07. The molecule has 1 aromatic heterocycles. The van der Waals surface area contributed by atoms with Crippen molar-refractivity contribution in [3.63, 3.8) is 0 Å². The van der Waals surface area contributed by atoms with Gasteiger partial charge in [-0.15, -0.1) is 11.3 Å². The van der Waals surface area contributed by atoms with Crippen molar-refractivity contribution in [2.75, 3.05) is 19.8 Å². The third-order valence-corrected chi connectivity index (χ3v) is 4.89. The van der Waals surface area contributed by atoms with Gasteiger partial charge >= 0.3 is 0 Å². The summed E-state index contributed by atoms with van der Waals surface area (Å²) in [6.45, 7) is 4.08. The minimum atomic E-state index is 0.489. The van der Waals surface area contributed by atoms with Crippen molar-refractivity contribution in [1.82, 2.24) is 10.3 Å². The van der Waals surface area contributed by atoms with Gasteiger partial charge in [0, 0.05) is 30.1 Å². The van der Waals surface area contributed by atoms with Crippen molar-refractivity contribution in [2.24, 2.45) is 5.92 Å². The standard InChI is InChI=1S/C17H21ClN2O2S/c18-14-3-5-16(6-4-14)22-11-17-20-15(12-23-17)9-19-8-13-2-1-7-21-10-13/h3-6,12-13,19H,1-2,7-11H2. The smallest absolute Gasteiger partial charge is 0.140 e. The van der Waals surface area contributed by atoms with Gasteiger partial charge in [0.15, 0.2) is 0 Å². The Kier molecular flexibility index (Phi) is 6.28. The van der Waals surface area contributed by atoms with E-state index in [1.807, 2.05) is 24.3 Å². The minimum Gasteiger partial charge on any atom is -0.486 e. The largest absolute Gasteiger partial charge is 0.486 e. The summed E-state index contributed by atoms with van der Waals surface area (Å²) in [5.41, 5.74) is 1.07. The predicted octanol–water partition coefficient (Wildman–Crippen LogP) is 3.89. The quantitative estimate of drug-likeness (QED) is 0.821. The van der Waals surface area contributed by atoms with Gasteiger partial charge in [0.1, 0.15) is 17.4 Å². The van der Waals surface area contributed by atoms with Crippen molar-refractivity contribution in [3.8, 4) is 5.75 Å². The van der Waals surface area contributed by atoms with Crippen molar-refractivity contribution >= 4 is 22.9 Å². The Bertz CT molecular complexity index is 597. The topological polar surface area (TPSA) is 43.4 Å². The number of hydrogen-bond donors (Lipinski definition) is 1. The SMILES string of the molecule is Clc1ccc(OCc2nc(CNCC3CCCOC3)cs2)cc1. The first-order valence-corrected chi connectivity index (χ1v) is 9.15. The van der Waals surface area contributed by atoms with Crippen LogP contribution in [0.15, 0.2) is 29.6 Å². The number of hydrogen-bond acceptors (Lipinski definition) is 5. The number of nitrogens with one attached hydrogen (secondary N) is 1. The Morgan fingerprint density at radius 3 is 3.00 bits per heavy atom. The Morgan fingerprint density at radius 1 is 1.35 bits per heavy atom. The lowest BCUT2D eigenvalue weighted by atomic mass is 10.0. The van der Waals surface area contributed by atoms with E-state index in [0.717, 1.165) is 42.8 Å². The first-order chi connectivity index (χ1) is 11.3. The Labute approximate surface area is 145 Å². The molecular formula is C17H21ClN2O2S. The summed E-state index contributed by atoms with van der Waals surface area (Å²) in [6, 6.07) is 7.38. The molecule has 0 aliphatic carbocycles. The summed E-state index contributed by atoms with van der Waals surface area (Å²) in [5.74, 6) is 1.44. The van der Waals surface area contributed by atoms with Gasteiger partial charge in [0.05, 0.1) is 12.3 Å². The number of benzene rings is 1. The molecule has 3 rings (SSSR count). The zero-order valence-corrected chi connectivity index (χ0v) is 14.5. The molecule has 124 valence electrons. The number of rotatable bonds is 7. The summed E-state index contributed by atoms with van der Waals surface area (Å²) < 4.78 is 11.2. The molecule has 0 spiro atoms. The lowest BCUT2D eigenvalue weighted by Crippen LogP contribution is -2.28. The fourth-order valence-electron chi connectivity index (χ4n) is 2.55. The van der Waals surface area contributed by atoms with Gasteiger partial charge in [-0.2, -0.15) is 0 Å². The van der Waals surface area contributed by atoms with Crippen LogP contribution in [0.1, 0.15) is 23.5 Å². The van der Waals surface area contributed by atoms with E-state index in [1.54, 1.807) is 11.3 Å². The van der Waals surface area contributed by atoms with Crippen LogP contribution in [0.3, 0.4) is 0 Å². The molecule has 1 aliphatic rings. The van der Waals surface area contributed by atoms with Gasteiger partial charge in [-0.3, -0.25) is 0 Å². The van der Waals surface area contributed by atoms with Gasteiger partial charge in [-0.05, 0) is 43.0 Å². The van der Waals surface area contributed by atoms with Crippen LogP contribution in [-0.2, 0) is 17.9 Å². The number of halogens is 1. The van der Waals surface area contributed by atoms with Crippen LogP contribution in [0.2, 0.25) is 5.02 Å². The van der Waals surface area contributed by atoms with Gasteiger partial charge in [-0.1, -0.05) is 11.6 Å². The second kappa shape index (κ2) is 8.64. The Balaban J connectivity index is 1.39. The van der Waals surface area contributed by atoms with Crippen molar-refractivity contribution in [1.29, 1.82) is 0 Å². The van der Waals surface area contributed by atoms with E-state index in [1.165, 1.54) is 12.8 Å². The van der Waals surface area contributed by atoms with Crippen molar-refractivity contribution in [3.05, 3.63) is 45.4 Å². The lowest BCUT2D eigenvalue weighted by molar-refractivity contribution is 0.0547. The monoisotopic (exact) mass is 352 g/mol. The molecule has 23 heavy (non-hydrogen) atoms. The van der Waals surface area contributed by atoms with E-state index in [-0.39, 0.29) is 0 Å². The molecule has 0 radical (unpaired) electrons. The molecule has 4 nitrogen and oxygen atoms in total. The summed E-state index contributed by atoms with van der Waals surface area (Å²) in [5, 5.41) is 7.26. The predicted molar refractivity (Wildman–Crippen MR) is 93.1 cm³/mol. The Morgan fingerprint density at radius 2 is 2.22 bits per heavy atom. The minimum absolute atomic E-state index is 0.489. The van der Waals surface area contributed by atoms with E-state index >= 15 is 0 Å². The van der Waals surface area contributed by atoms with Crippen LogP contribution in [0, 0.1) is 5.92 Å². The second-order valence-electron chi connectivity index (χ2n) is 5.69. The van der Waals surface area contributed by atoms with Crippen LogP contribution in [0.25, 0.3) is 0 Å². The van der Waals surface area contributed by atoms with E-state index in [4.69, 9.17) is 21.1 Å².